The first kappa shape index (κ1) is 27.5. The summed E-state index contributed by atoms with van der Waals surface area (Å²) >= 11 is 0. The summed E-state index contributed by atoms with van der Waals surface area (Å²) in [5, 5.41) is 9.59. The van der Waals surface area contributed by atoms with Crippen molar-refractivity contribution in [1.29, 1.82) is 0 Å². The van der Waals surface area contributed by atoms with Crippen molar-refractivity contribution in [2.45, 2.75) is 78.1 Å². The van der Waals surface area contributed by atoms with Crippen molar-refractivity contribution in [2.75, 3.05) is 19.8 Å². The SMILES string of the molecule is CCCCCCC=C(C(=O)O)c1ccc(-c2ncc(OCCCCOCCCCC)cn2)cc1. The maximum atomic E-state index is 11.7. The summed E-state index contributed by atoms with van der Waals surface area (Å²) < 4.78 is 11.3. The van der Waals surface area contributed by atoms with Gasteiger partial charge in [0.2, 0.25) is 0 Å². The number of allylic oxidation sites excluding steroid dienone is 1. The van der Waals surface area contributed by atoms with Gasteiger partial charge in [0.15, 0.2) is 11.6 Å². The van der Waals surface area contributed by atoms with E-state index in [0.717, 1.165) is 57.3 Å². The van der Waals surface area contributed by atoms with Crippen LogP contribution in [0.5, 0.6) is 5.75 Å². The third-order valence-electron chi connectivity index (χ3n) is 5.56. The molecule has 0 spiro atoms. The fourth-order valence-electron chi connectivity index (χ4n) is 3.54. The van der Waals surface area contributed by atoms with Crippen LogP contribution in [-0.2, 0) is 9.53 Å². The number of benzene rings is 1. The second kappa shape index (κ2) is 16.8. The molecule has 6 heteroatoms. The van der Waals surface area contributed by atoms with Crippen LogP contribution < -0.4 is 4.74 Å². The molecule has 0 amide bonds. The number of hydrogen-bond donors (Lipinski definition) is 1. The van der Waals surface area contributed by atoms with E-state index in [9.17, 15) is 9.90 Å². The van der Waals surface area contributed by atoms with Gasteiger partial charge in [-0.15, -0.1) is 0 Å². The molecule has 0 aliphatic carbocycles. The van der Waals surface area contributed by atoms with Crippen LogP contribution >= 0.6 is 0 Å². The van der Waals surface area contributed by atoms with Gasteiger partial charge < -0.3 is 14.6 Å². The number of hydrogen-bond acceptors (Lipinski definition) is 5. The summed E-state index contributed by atoms with van der Waals surface area (Å²) in [7, 11) is 0. The molecule has 0 saturated carbocycles. The topological polar surface area (TPSA) is 81.5 Å². The predicted molar refractivity (Wildman–Crippen MR) is 137 cm³/mol. The molecule has 1 aromatic heterocycles. The highest BCUT2D eigenvalue weighted by atomic mass is 16.5. The zero-order valence-electron chi connectivity index (χ0n) is 20.8. The Kier molecular flexibility index (Phi) is 13.6. The van der Waals surface area contributed by atoms with E-state index in [2.05, 4.69) is 23.8 Å². The van der Waals surface area contributed by atoms with Crippen LogP contribution in [0.1, 0.15) is 83.6 Å². The van der Waals surface area contributed by atoms with Crippen molar-refractivity contribution in [3.63, 3.8) is 0 Å². The Morgan fingerprint density at radius 1 is 0.853 bits per heavy atom. The zero-order valence-corrected chi connectivity index (χ0v) is 20.8. The average Bonchev–Trinajstić information content (AvgIpc) is 2.85. The molecule has 0 aliphatic heterocycles. The lowest BCUT2D eigenvalue weighted by Gasteiger charge is -2.08. The highest BCUT2D eigenvalue weighted by Gasteiger charge is 2.11. The third kappa shape index (κ3) is 10.5. The first-order valence-electron chi connectivity index (χ1n) is 12.7. The van der Waals surface area contributed by atoms with Crippen molar-refractivity contribution < 1.29 is 19.4 Å². The molecular formula is C28H40N2O4. The molecule has 1 aromatic carbocycles. The minimum atomic E-state index is -0.899. The molecule has 0 unspecified atom stereocenters. The van der Waals surface area contributed by atoms with E-state index in [-0.39, 0.29) is 0 Å². The normalized spacial score (nSPS) is 11.5. The van der Waals surface area contributed by atoms with E-state index >= 15 is 0 Å². The fraction of sp³-hybridized carbons (Fsp3) is 0.536. The first-order valence-corrected chi connectivity index (χ1v) is 12.7. The van der Waals surface area contributed by atoms with Gasteiger partial charge in [-0.1, -0.05) is 76.3 Å². The molecule has 1 N–H and O–H groups in total. The number of unbranched alkanes of at least 4 members (excludes halogenated alkanes) is 7. The molecular weight excluding hydrogens is 428 g/mol. The molecule has 6 nitrogen and oxygen atoms in total. The summed E-state index contributed by atoms with van der Waals surface area (Å²) in [4.78, 5) is 20.5. The molecule has 0 saturated heterocycles. The molecule has 0 atom stereocenters. The Bertz CT molecular complexity index is 848. The molecule has 0 fully saturated rings. The van der Waals surface area contributed by atoms with Crippen molar-refractivity contribution in [2.24, 2.45) is 0 Å². The van der Waals surface area contributed by atoms with E-state index in [1.807, 2.05) is 30.3 Å². The maximum absolute atomic E-state index is 11.7. The molecule has 34 heavy (non-hydrogen) atoms. The second-order valence-electron chi connectivity index (χ2n) is 8.47. The highest BCUT2D eigenvalue weighted by molar-refractivity contribution is 6.15. The van der Waals surface area contributed by atoms with Gasteiger partial charge in [-0.2, -0.15) is 0 Å². The van der Waals surface area contributed by atoms with Crippen LogP contribution in [0, 0.1) is 0 Å². The molecule has 0 aliphatic rings. The summed E-state index contributed by atoms with van der Waals surface area (Å²) in [6, 6.07) is 7.36. The lowest BCUT2D eigenvalue weighted by atomic mass is 10.0. The monoisotopic (exact) mass is 468 g/mol. The average molecular weight is 469 g/mol. The standard InChI is InChI=1S/C28H40N2O4/c1-3-5-7-8-9-13-26(28(31)32)23-14-16-24(17-15-23)27-29-21-25(22-30-27)34-20-12-11-19-33-18-10-6-4-2/h13-17,21-22H,3-12,18-20H2,1-2H3,(H,31,32). The van der Waals surface area contributed by atoms with Crippen LogP contribution in [0.2, 0.25) is 0 Å². The summed E-state index contributed by atoms with van der Waals surface area (Å²) in [5.41, 5.74) is 1.88. The first-order chi connectivity index (χ1) is 16.7. The van der Waals surface area contributed by atoms with E-state index in [4.69, 9.17) is 9.47 Å². The van der Waals surface area contributed by atoms with Gasteiger partial charge in [-0.05, 0) is 37.7 Å². The van der Waals surface area contributed by atoms with Crippen LogP contribution in [0.25, 0.3) is 17.0 Å². The van der Waals surface area contributed by atoms with Crippen LogP contribution in [0.15, 0.2) is 42.7 Å². The highest BCUT2D eigenvalue weighted by Crippen LogP contribution is 2.22. The van der Waals surface area contributed by atoms with E-state index in [1.54, 1.807) is 12.4 Å². The summed E-state index contributed by atoms with van der Waals surface area (Å²) in [5.74, 6) is 0.326. The number of carboxylic acid groups (broad SMARTS) is 1. The van der Waals surface area contributed by atoms with Gasteiger partial charge in [-0.3, -0.25) is 0 Å². The lowest BCUT2D eigenvalue weighted by molar-refractivity contribution is -0.130. The van der Waals surface area contributed by atoms with E-state index < -0.39 is 5.97 Å². The Morgan fingerprint density at radius 2 is 1.47 bits per heavy atom. The quantitative estimate of drug-likeness (QED) is 0.188. The van der Waals surface area contributed by atoms with Crippen molar-refractivity contribution >= 4 is 11.5 Å². The molecule has 1 heterocycles. The predicted octanol–water partition coefficient (Wildman–Crippen LogP) is 6.95. The third-order valence-corrected chi connectivity index (χ3v) is 5.56. The Hall–Kier alpha value is -2.73. The van der Waals surface area contributed by atoms with Crippen LogP contribution in [-0.4, -0.2) is 40.9 Å². The van der Waals surface area contributed by atoms with Crippen molar-refractivity contribution in [3.05, 3.63) is 48.3 Å². The number of aliphatic carboxylic acids is 1. The second-order valence-corrected chi connectivity index (χ2v) is 8.47. The Morgan fingerprint density at radius 3 is 2.12 bits per heavy atom. The number of aromatic nitrogens is 2. The number of nitrogens with zero attached hydrogens (tertiary/aromatic N) is 2. The summed E-state index contributed by atoms with van der Waals surface area (Å²) in [6.07, 6.45) is 15.9. The van der Waals surface area contributed by atoms with E-state index in [0.29, 0.717) is 29.3 Å². The lowest BCUT2D eigenvalue weighted by Crippen LogP contribution is -2.02. The van der Waals surface area contributed by atoms with Gasteiger partial charge in [0.1, 0.15) is 0 Å². The smallest absolute Gasteiger partial charge is 0.335 e. The molecule has 0 bridgehead atoms. The molecule has 186 valence electrons. The van der Waals surface area contributed by atoms with E-state index in [1.165, 1.54) is 25.7 Å². The minimum Gasteiger partial charge on any atom is -0.490 e. The Labute approximate surface area is 204 Å². The van der Waals surface area contributed by atoms with Gasteiger partial charge >= 0.3 is 5.97 Å². The van der Waals surface area contributed by atoms with Gasteiger partial charge in [0.25, 0.3) is 0 Å². The fourth-order valence-corrected chi connectivity index (χ4v) is 3.54. The van der Waals surface area contributed by atoms with Gasteiger partial charge in [-0.25, -0.2) is 14.8 Å². The van der Waals surface area contributed by atoms with Crippen molar-refractivity contribution in [3.8, 4) is 17.1 Å². The van der Waals surface area contributed by atoms with Crippen LogP contribution in [0.3, 0.4) is 0 Å². The van der Waals surface area contributed by atoms with Crippen LogP contribution in [0.4, 0.5) is 0 Å². The zero-order chi connectivity index (χ0) is 24.4. The number of ether oxygens (including phenoxy) is 2. The Balaban J connectivity index is 1.80. The number of carbonyl (C=O) groups is 1. The number of carboxylic acids is 1. The summed E-state index contributed by atoms with van der Waals surface area (Å²) in [6.45, 7) is 6.58. The van der Waals surface area contributed by atoms with Gasteiger partial charge in [0, 0.05) is 18.8 Å². The molecule has 2 rings (SSSR count). The van der Waals surface area contributed by atoms with Gasteiger partial charge in [0.05, 0.1) is 24.6 Å². The molecule has 0 radical (unpaired) electrons. The maximum Gasteiger partial charge on any atom is 0.335 e. The molecule has 2 aromatic rings. The largest absolute Gasteiger partial charge is 0.490 e. The minimum absolute atomic E-state index is 0.346. The van der Waals surface area contributed by atoms with Crippen molar-refractivity contribution in [1.82, 2.24) is 9.97 Å². The number of rotatable bonds is 18.